The van der Waals surface area contributed by atoms with Crippen molar-refractivity contribution < 1.29 is 19.1 Å². The van der Waals surface area contributed by atoms with Crippen molar-refractivity contribution in [1.29, 1.82) is 0 Å². The van der Waals surface area contributed by atoms with Crippen molar-refractivity contribution in [3.8, 4) is 0 Å². The normalized spacial score (nSPS) is 10.6. The van der Waals surface area contributed by atoms with Crippen molar-refractivity contribution in [3.63, 3.8) is 0 Å². The van der Waals surface area contributed by atoms with Gasteiger partial charge in [0, 0.05) is 11.6 Å². The van der Waals surface area contributed by atoms with Gasteiger partial charge in [-0.15, -0.1) is 0 Å². The zero-order valence-corrected chi connectivity index (χ0v) is 20.3. The summed E-state index contributed by atoms with van der Waals surface area (Å²) in [6, 6.07) is 0. The molecule has 0 radical (unpaired) electrons. The molecule has 0 rings (SSSR count). The Hall–Kier alpha value is -1.58. The Bertz CT molecular complexity index is 470. The Morgan fingerprint density at radius 1 is 0.581 bits per heavy atom. The van der Waals surface area contributed by atoms with Crippen LogP contribution in [0.1, 0.15) is 122 Å². The zero-order chi connectivity index (χ0) is 23.0. The maximum atomic E-state index is 11.2. The van der Waals surface area contributed by atoms with Crippen LogP contribution in [0.15, 0.2) is 24.8 Å². The second-order valence-corrected chi connectivity index (χ2v) is 8.65. The lowest BCUT2D eigenvalue weighted by molar-refractivity contribution is -0.139. The third-order valence-corrected chi connectivity index (χ3v) is 5.53. The summed E-state index contributed by atoms with van der Waals surface area (Å²) in [4.78, 5) is 22.1. The molecule has 31 heavy (non-hydrogen) atoms. The molecule has 0 spiro atoms. The van der Waals surface area contributed by atoms with E-state index < -0.39 is 0 Å². The minimum Gasteiger partial charge on any atom is -0.463 e. The van der Waals surface area contributed by atoms with Crippen molar-refractivity contribution in [2.45, 2.75) is 122 Å². The van der Waals surface area contributed by atoms with Crippen LogP contribution in [0, 0.1) is 0 Å². The predicted molar refractivity (Wildman–Crippen MR) is 130 cm³/mol. The minimum atomic E-state index is -0.313. The van der Waals surface area contributed by atoms with Gasteiger partial charge in [0.25, 0.3) is 0 Å². The van der Waals surface area contributed by atoms with Crippen LogP contribution in [0.4, 0.5) is 0 Å². The molecule has 0 amide bonds. The van der Waals surface area contributed by atoms with E-state index in [1.165, 1.54) is 96.0 Å². The largest absolute Gasteiger partial charge is 0.463 e. The SMILES string of the molecule is C=CC(=O)OCCCCCCCCCCCCCCCCCCCCOC(=O)C(=C)C. The van der Waals surface area contributed by atoms with Gasteiger partial charge in [-0.2, -0.15) is 0 Å². The Labute approximate surface area is 191 Å². The van der Waals surface area contributed by atoms with Crippen molar-refractivity contribution in [2.75, 3.05) is 13.2 Å². The molecule has 0 aromatic rings. The Kier molecular flexibility index (Phi) is 21.9. The van der Waals surface area contributed by atoms with Gasteiger partial charge in [0.15, 0.2) is 0 Å². The molecule has 0 atom stereocenters. The summed E-state index contributed by atoms with van der Waals surface area (Å²) < 4.78 is 10.1. The fourth-order valence-corrected chi connectivity index (χ4v) is 3.55. The van der Waals surface area contributed by atoms with Gasteiger partial charge in [0.1, 0.15) is 0 Å². The van der Waals surface area contributed by atoms with Crippen molar-refractivity contribution in [2.24, 2.45) is 0 Å². The number of rotatable bonds is 23. The molecule has 0 N–H and O–H groups in total. The van der Waals surface area contributed by atoms with E-state index in [2.05, 4.69) is 13.2 Å². The van der Waals surface area contributed by atoms with Gasteiger partial charge in [-0.25, -0.2) is 9.59 Å². The Morgan fingerprint density at radius 2 is 0.871 bits per heavy atom. The highest BCUT2D eigenvalue weighted by Gasteiger charge is 2.01. The van der Waals surface area contributed by atoms with Crippen LogP contribution < -0.4 is 0 Å². The Morgan fingerprint density at radius 3 is 1.16 bits per heavy atom. The van der Waals surface area contributed by atoms with E-state index >= 15 is 0 Å². The smallest absolute Gasteiger partial charge is 0.333 e. The van der Waals surface area contributed by atoms with Crippen LogP contribution in [0.5, 0.6) is 0 Å². The van der Waals surface area contributed by atoms with Crippen molar-refractivity contribution in [1.82, 2.24) is 0 Å². The summed E-state index contributed by atoms with van der Waals surface area (Å²) in [6.07, 6.45) is 24.2. The highest BCUT2D eigenvalue weighted by molar-refractivity contribution is 5.86. The molecule has 0 aliphatic carbocycles. The number of hydrogen-bond donors (Lipinski definition) is 0. The summed E-state index contributed by atoms with van der Waals surface area (Å²) in [5.74, 6) is -0.579. The van der Waals surface area contributed by atoms with Gasteiger partial charge in [-0.3, -0.25) is 0 Å². The fraction of sp³-hybridized carbons (Fsp3) is 0.778. The molecule has 0 unspecified atom stereocenters. The Balaban J connectivity index is 3.09. The molecule has 4 nitrogen and oxygen atoms in total. The quantitative estimate of drug-likeness (QED) is 0.0929. The van der Waals surface area contributed by atoms with Gasteiger partial charge in [0.05, 0.1) is 13.2 Å². The van der Waals surface area contributed by atoms with E-state index in [0.29, 0.717) is 18.8 Å². The maximum absolute atomic E-state index is 11.2. The molecule has 180 valence electrons. The molecule has 0 aromatic carbocycles. The molecule has 0 bridgehead atoms. The number of hydrogen-bond acceptors (Lipinski definition) is 4. The lowest BCUT2D eigenvalue weighted by Gasteiger charge is -2.05. The molecule has 0 aliphatic rings. The second-order valence-electron chi connectivity index (χ2n) is 8.65. The monoisotopic (exact) mass is 436 g/mol. The molecule has 4 heteroatoms. The lowest BCUT2D eigenvalue weighted by Crippen LogP contribution is -2.05. The van der Waals surface area contributed by atoms with E-state index in [1.54, 1.807) is 6.92 Å². The summed E-state index contributed by atoms with van der Waals surface area (Å²) in [5, 5.41) is 0. The van der Waals surface area contributed by atoms with Crippen LogP contribution in [0.2, 0.25) is 0 Å². The lowest BCUT2D eigenvalue weighted by atomic mass is 10.0. The molecule has 0 aliphatic heterocycles. The standard InChI is InChI=1S/C27H48O4/c1-4-26(28)30-23-21-19-17-15-13-11-9-7-5-6-8-10-12-14-16-18-20-22-24-31-27(29)25(2)3/h4H,1-2,5-24H2,3H3. The molecule has 0 heterocycles. The maximum Gasteiger partial charge on any atom is 0.333 e. The first kappa shape index (κ1) is 29.4. The number of carbonyl (C=O) groups is 2. The first-order valence-electron chi connectivity index (χ1n) is 12.7. The molecule has 0 saturated carbocycles. The van der Waals surface area contributed by atoms with Gasteiger partial charge in [-0.05, 0) is 19.8 Å². The van der Waals surface area contributed by atoms with E-state index in [1.807, 2.05) is 0 Å². The van der Waals surface area contributed by atoms with Crippen LogP contribution >= 0.6 is 0 Å². The summed E-state index contributed by atoms with van der Waals surface area (Å²) in [5.41, 5.74) is 0.481. The third-order valence-electron chi connectivity index (χ3n) is 5.53. The first-order chi connectivity index (χ1) is 15.1. The van der Waals surface area contributed by atoms with E-state index in [4.69, 9.17) is 9.47 Å². The topological polar surface area (TPSA) is 52.6 Å². The van der Waals surface area contributed by atoms with E-state index in [9.17, 15) is 9.59 Å². The van der Waals surface area contributed by atoms with Crippen LogP contribution in [0.3, 0.4) is 0 Å². The minimum absolute atomic E-state index is 0.266. The van der Waals surface area contributed by atoms with Crippen molar-refractivity contribution in [3.05, 3.63) is 24.8 Å². The van der Waals surface area contributed by atoms with Crippen LogP contribution in [-0.2, 0) is 19.1 Å². The molecule has 0 fully saturated rings. The van der Waals surface area contributed by atoms with Gasteiger partial charge >= 0.3 is 11.9 Å². The van der Waals surface area contributed by atoms with Gasteiger partial charge < -0.3 is 9.47 Å². The third kappa shape index (κ3) is 22.9. The fourth-order valence-electron chi connectivity index (χ4n) is 3.55. The number of carbonyl (C=O) groups excluding carboxylic acids is 2. The molecular formula is C27H48O4. The second kappa shape index (κ2) is 23.1. The predicted octanol–water partition coefficient (Wildman–Crippen LogP) is 7.86. The summed E-state index contributed by atoms with van der Waals surface area (Å²) in [6.45, 7) is 9.70. The molecule has 0 saturated heterocycles. The van der Waals surface area contributed by atoms with Gasteiger partial charge in [0.2, 0.25) is 0 Å². The summed E-state index contributed by atoms with van der Waals surface area (Å²) in [7, 11) is 0. The average Bonchev–Trinajstić information content (AvgIpc) is 2.76. The summed E-state index contributed by atoms with van der Waals surface area (Å²) >= 11 is 0. The molecular weight excluding hydrogens is 388 g/mol. The van der Waals surface area contributed by atoms with Gasteiger partial charge in [-0.1, -0.05) is 116 Å². The van der Waals surface area contributed by atoms with Crippen LogP contribution in [-0.4, -0.2) is 25.2 Å². The van der Waals surface area contributed by atoms with Crippen LogP contribution in [0.25, 0.3) is 0 Å². The van der Waals surface area contributed by atoms with E-state index in [-0.39, 0.29) is 11.9 Å². The average molecular weight is 437 g/mol. The highest BCUT2D eigenvalue weighted by Crippen LogP contribution is 2.14. The number of esters is 2. The zero-order valence-electron chi connectivity index (χ0n) is 20.3. The number of unbranched alkanes of at least 4 members (excludes halogenated alkanes) is 17. The van der Waals surface area contributed by atoms with E-state index in [0.717, 1.165) is 25.7 Å². The highest BCUT2D eigenvalue weighted by atomic mass is 16.5. The first-order valence-corrected chi connectivity index (χ1v) is 12.7. The van der Waals surface area contributed by atoms with Crippen molar-refractivity contribution >= 4 is 11.9 Å². The number of ether oxygens (including phenoxy) is 2. The molecule has 0 aromatic heterocycles.